The fourth-order valence-corrected chi connectivity index (χ4v) is 0.309. The SMILES string of the molecule is [CH2+][c-]1c(=O)[nH]oc1=O. The van der Waals surface area contributed by atoms with Gasteiger partial charge in [-0.1, -0.05) is 0 Å². The van der Waals surface area contributed by atoms with Gasteiger partial charge >= 0.3 is 5.63 Å². The van der Waals surface area contributed by atoms with Gasteiger partial charge in [0.25, 0.3) is 0 Å². The quantitative estimate of drug-likeness (QED) is 0.449. The minimum absolute atomic E-state index is 0.148. The predicted octanol–water partition coefficient (Wildman–Crippen LogP) is -0.771. The molecule has 4 heteroatoms. The molecule has 0 bridgehead atoms. The minimum atomic E-state index is -0.699. The molecule has 0 aromatic carbocycles. The first-order valence-corrected chi connectivity index (χ1v) is 1.92. The summed E-state index contributed by atoms with van der Waals surface area (Å²) in [5.74, 6) is 0. The maximum absolute atomic E-state index is 10.2. The summed E-state index contributed by atoms with van der Waals surface area (Å²) in [7, 11) is 0. The molecule has 1 rings (SSSR count). The molecule has 1 aromatic heterocycles. The molecule has 0 saturated carbocycles. The van der Waals surface area contributed by atoms with E-state index in [0.717, 1.165) is 0 Å². The second kappa shape index (κ2) is 1.33. The van der Waals surface area contributed by atoms with Gasteiger partial charge in [0.2, 0.25) is 5.56 Å². The maximum atomic E-state index is 10.2. The van der Waals surface area contributed by atoms with Crippen molar-refractivity contribution in [3.05, 3.63) is 33.3 Å². The molecule has 0 unspecified atom stereocenters. The Balaban J connectivity index is 3.66. The van der Waals surface area contributed by atoms with Crippen molar-refractivity contribution >= 4 is 0 Å². The molecule has 0 aliphatic rings. The largest absolute Gasteiger partial charge is 0.329 e. The van der Waals surface area contributed by atoms with Gasteiger partial charge in [0, 0.05) is 5.56 Å². The van der Waals surface area contributed by atoms with Gasteiger partial charge in [-0.05, 0) is 0 Å². The van der Waals surface area contributed by atoms with Crippen LogP contribution in [-0.4, -0.2) is 5.16 Å². The number of nitrogens with one attached hydrogen (secondary N) is 1. The second-order valence-electron chi connectivity index (χ2n) is 1.30. The van der Waals surface area contributed by atoms with Crippen molar-refractivity contribution in [2.45, 2.75) is 0 Å². The number of aromatic nitrogens is 1. The van der Waals surface area contributed by atoms with Crippen LogP contribution in [0.15, 0.2) is 14.1 Å². The zero-order valence-corrected chi connectivity index (χ0v) is 3.93. The molecule has 0 saturated heterocycles. The van der Waals surface area contributed by atoms with E-state index in [-0.39, 0.29) is 5.56 Å². The van der Waals surface area contributed by atoms with Crippen LogP contribution in [0.2, 0.25) is 0 Å². The summed E-state index contributed by atoms with van der Waals surface area (Å²) in [5.41, 5.74) is -1.41. The number of hydrogen-bond acceptors (Lipinski definition) is 3. The van der Waals surface area contributed by atoms with E-state index < -0.39 is 11.2 Å². The molecule has 0 atom stereocenters. The molecule has 0 radical (unpaired) electrons. The summed E-state index contributed by atoms with van der Waals surface area (Å²) in [5, 5.41) is 1.83. The van der Waals surface area contributed by atoms with Crippen LogP contribution < -0.4 is 11.2 Å². The molecule has 0 aliphatic carbocycles. The lowest BCUT2D eigenvalue weighted by molar-refractivity contribution is 0.386. The van der Waals surface area contributed by atoms with E-state index in [1.54, 1.807) is 0 Å². The summed E-state index contributed by atoms with van der Waals surface area (Å²) >= 11 is 0. The summed E-state index contributed by atoms with van der Waals surface area (Å²) in [6.07, 6.45) is 0. The lowest BCUT2D eigenvalue weighted by Gasteiger charge is -1.67. The van der Waals surface area contributed by atoms with Crippen molar-refractivity contribution in [2.24, 2.45) is 0 Å². The predicted molar refractivity (Wildman–Crippen MR) is 25.7 cm³/mol. The second-order valence-corrected chi connectivity index (χ2v) is 1.30. The smallest absolute Gasteiger partial charge is 0.299 e. The molecular weight excluding hydrogens is 110 g/mol. The van der Waals surface area contributed by atoms with Crippen LogP contribution in [0, 0.1) is 6.92 Å². The van der Waals surface area contributed by atoms with Crippen molar-refractivity contribution in [1.82, 2.24) is 5.16 Å². The van der Waals surface area contributed by atoms with Gasteiger partial charge < -0.3 is 0 Å². The van der Waals surface area contributed by atoms with E-state index >= 15 is 0 Å². The van der Waals surface area contributed by atoms with Crippen molar-refractivity contribution in [3.63, 3.8) is 0 Å². The third-order valence-corrected chi connectivity index (χ3v) is 0.757. The maximum Gasteiger partial charge on any atom is 0.329 e. The van der Waals surface area contributed by atoms with Crippen LogP contribution >= 0.6 is 0 Å². The van der Waals surface area contributed by atoms with E-state index in [1.807, 2.05) is 5.16 Å². The Morgan fingerprint density at radius 2 is 2.25 bits per heavy atom. The van der Waals surface area contributed by atoms with Gasteiger partial charge in [0.1, 0.15) is 0 Å². The van der Waals surface area contributed by atoms with Crippen LogP contribution in [-0.2, 0) is 0 Å². The van der Waals surface area contributed by atoms with Crippen molar-refractivity contribution in [3.8, 4) is 0 Å². The molecule has 0 amide bonds. The van der Waals surface area contributed by atoms with Crippen molar-refractivity contribution in [2.75, 3.05) is 0 Å². The van der Waals surface area contributed by atoms with E-state index in [0.29, 0.717) is 0 Å². The molecular formula is C4H3NO3. The van der Waals surface area contributed by atoms with Gasteiger partial charge in [-0.2, -0.15) is 0 Å². The standard InChI is InChI=1S/C4H3NO3/c1-2-3(6)5-8-4(2)7/h1H2,(H,5,6). The Bertz CT molecular complexity index is 248. The topological polar surface area (TPSA) is 63.1 Å². The van der Waals surface area contributed by atoms with Crippen molar-refractivity contribution in [1.29, 1.82) is 0 Å². The number of aromatic amines is 1. The van der Waals surface area contributed by atoms with Crippen LogP contribution in [0.1, 0.15) is 5.56 Å². The van der Waals surface area contributed by atoms with Gasteiger partial charge in [-0.15, -0.1) is 12.1 Å². The van der Waals surface area contributed by atoms with Crippen LogP contribution in [0.25, 0.3) is 0 Å². The van der Waals surface area contributed by atoms with Crippen LogP contribution in [0.3, 0.4) is 0 Å². The fraction of sp³-hybridized carbons (Fsp3) is 0. The Kier molecular flexibility index (Phi) is 0.802. The third-order valence-electron chi connectivity index (χ3n) is 0.757. The van der Waals surface area contributed by atoms with Gasteiger partial charge in [-0.25, -0.2) is 9.59 Å². The van der Waals surface area contributed by atoms with Crippen LogP contribution in [0.5, 0.6) is 0 Å². The summed E-state index contributed by atoms with van der Waals surface area (Å²) in [6, 6.07) is 0. The zero-order valence-electron chi connectivity index (χ0n) is 3.93. The number of rotatable bonds is 0. The Morgan fingerprint density at radius 3 is 2.38 bits per heavy atom. The molecule has 1 N–H and O–H groups in total. The molecule has 1 heterocycles. The summed E-state index contributed by atoms with van der Waals surface area (Å²) < 4.78 is 4.04. The highest BCUT2D eigenvalue weighted by Gasteiger charge is 1.94. The summed E-state index contributed by atoms with van der Waals surface area (Å²) in [4.78, 5) is 20.4. The summed E-state index contributed by atoms with van der Waals surface area (Å²) in [6.45, 7) is 3.13. The molecule has 42 valence electrons. The molecule has 1 aromatic rings. The number of H-pyrrole nitrogens is 1. The van der Waals surface area contributed by atoms with Crippen molar-refractivity contribution < 1.29 is 4.52 Å². The average molecular weight is 113 g/mol. The van der Waals surface area contributed by atoms with E-state index in [9.17, 15) is 9.59 Å². The van der Waals surface area contributed by atoms with E-state index in [2.05, 4.69) is 11.4 Å². The average Bonchev–Trinajstić information content (AvgIpc) is 1.98. The highest BCUT2D eigenvalue weighted by Crippen LogP contribution is 1.69. The highest BCUT2D eigenvalue weighted by molar-refractivity contribution is 5.04. The van der Waals surface area contributed by atoms with Gasteiger partial charge in [0.05, 0.1) is 0 Å². The lowest BCUT2D eigenvalue weighted by atomic mass is 10.4. The number of hydrogen-bond donors (Lipinski definition) is 1. The molecule has 0 spiro atoms. The molecule has 0 aliphatic heterocycles. The minimum Gasteiger partial charge on any atom is -0.299 e. The lowest BCUT2D eigenvalue weighted by Crippen LogP contribution is -2.06. The zero-order chi connectivity index (χ0) is 6.15. The van der Waals surface area contributed by atoms with E-state index in [1.165, 1.54) is 0 Å². The Morgan fingerprint density at radius 1 is 1.62 bits per heavy atom. The molecule has 0 fully saturated rings. The van der Waals surface area contributed by atoms with Gasteiger partial charge in [-0.3, -0.25) is 4.52 Å². The Labute approximate surface area is 44.1 Å². The van der Waals surface area contributed by atoms with E-state index in [4.69, 9.17) is 0 Å². The highest BCUT2D eigenvalue weighted by atomic mass is 16.5. The van der Waals surface area contributed by atoms with Crippen LogP contribution in [0.4, 0.5) is 0 Å². The first kappa shape index (κ1) is 4.83. The normalized spacial score (nSPS) is 9.50. The first-order chi connectivity index (χ1) is 3.72. The van der Waals surface area contributed by atoms with Gasteiger partial charge in [0.15, 0.2) is 0 Å². The molecule has 8 heavy (non-hydrogen) atoms. The first-order valence-electron chi connectivity index (χ1n) is 1.92. The third kappa shape index (κ3) is 0.465. The fourth-order valence-electron chi connectivity index (χ4n) is 0.309. The Hall–Kier alpha value is -1.32. The monoisotopic (exact) mass is 113 g/mol. The molecule has 4 nitrogen and oxygen atoms in total.